The first-order valence-corrected chi connectivity index (χ1v) is 8.43. The summed E-state index contributed by atoms with van der Waals surface area (Å²) in [5, 5.41) is 11.5. The van der Waals surface area contributed by atoms with Gasteiger partial charge in [-0.1, -0.05) is 0 Å². The van der Waals surface area contributed by atoms with E-state index in [9.17, 15) is 10.1 Å². The van der Waals surface area contributed by atoms with E-state index in [1.165, 1.54) is 0 Å². The van der Waals surface area contributed by atoms with Crippen LogP contribution in [-0.4, -0.2) is 53.3 Å². The SMILES string of the molecule is C[C@@H]1CN(c2nc(N)c([N+](=O)[O-])c(N3CCCCC3)n2)C[C@@H](C)O1. The van der Waals surface area contributed by atoms with E-state index >= 15 is 0 Å². The Morgan fingerprint density at radius 1 is 1.12 bits per heavy atom. The van der Waals surface area contributed by atoms with Crippen LogP contribution >= 0.6 is 0 Å². The summed E-state index contributed by atoms with van der Waals surface area (Å²) in [6, 6.07) is 0. The maximum Gasteiger partial charge on any atom is 0.353 e. The molecule has 2 saturated heterocycles. The first-order chi connectivity index (χ1) is 11.5. The summed E-state index contributed by atoms with van der Waals surface area (Å²) >= 11 is 0. The molecule has 1 aromatic rings. The molecule has 2 aliphatic heterocycles. The molecule has 0 spiro atoms. The Kier molecular flexibility index (Phi) is 4.70. The summed E-state index contributed by atoms with van der Waals surface area (Å²) in [7, 11) is 0. The number of ether oxygens (including phenoxy) is 1. The van der Waals surface area contributed by atoms with E-state index < -0.39 is 4.92 Å². The summed E-state index contributed by atoms with van der Waals surface area (Å²) in [6.07, 6.45) is 3.24. The molecule has 0 radical (unpaired) electrons. The summed E-state index contributed by atoms with van der Waals surface area (Å²) < 4.78 is 5.73. The number of nitrogens with zero attached hydrogens (tertiary/aromatic N) is 5. The van der Waals surface area contributed by atoms with Gasteiger partial charge >= 0.3 is 5.69 Å². The third-order valence-electron chi connectivity index (χ3n) is 4.42. The van der Waals surface area contributed by atoms with E-state index in [4.69, 9.17) is 10.5 Å². The van der Waals surface area contributed by atoms with Crippen molar-refractivity contribution in [3.8, 4) is 0 Å². The van der Waals surface area contributed by atoms with Crippen LogP contribution in [-0.2, 0) is 4.74 Å². The number of nitrogen functional groups attached to an aromatic ring is 1. The smallest absolute Gasteiger partial charge is 0.353 e. The first kappa shape index (κ1) is 16.7. The largest absolute Gasteiger partial charge is 0.378 e. The molecule has 2 N–H and O–H groups in total. The van der Waals surface area contributed by atoms with Crippen molar-refractivity contribution in [3.63, 3.8) is 0 Å². The first-order valence-electron chi connectivity index (χ1n) is 8.43. The van der Waals surface area contributed by atoms with Crippen LogP contribution in [0.3, 0.4) is 0 Å². The highest BCUT2D eigenvalue weighted by Crippen LogP contribution is 2.34. The second kappa shape index (κ2) is 6.76. The third-order valence-corrected chi connectivity index (χ3v) is 4.42. The van der Waals surface area contributed by atoms with E-state index in [2.05, 4.69) is 9.97 Å². The van der Waals surface area contributed by atoms with Gasteiger partial charge in [0.25, 0.3) is 0 Å². The Labute approximate surface area is 140 Å². The lowest BCUT2D eigenvalue weighted by Crippen LogP contribution is -2.46. The van der Waals surface area contributed by atoms with Crippen LogP contribution in [0.4, 0.5) is 23.3 Å². The average molecular weight is 336 g/mol. The predicted molar refractivity (Wildman–Crippen MR) is 91.4 cm³/mol. The molecule has 9 heteroatoms. The molecule has 2 aliphatic rings. The van der Waals surface area contributed by atoms with Crippen LogP contribution < -0.4 is 15.5 Å². The highest BCUT2D eigenvalue weighted by molar-refractivity contribution is 5.71. The number of hydrogen-bond acceptors (Lipinski definition) is 8. The van der Waals surface area contributed by atoms with E-state index in [0.717, 1.165) is 32.4 Å². The highest BCUT2D eigenvalue weighted by atomic mass is 16.6. The maximum absolute atomic E-state index is 11.5. The van der Waals surface area contributed by atoms with Crippen LogP contribution in [0.2, 0.25) is 0 Å². The van der Waals surface area contributed by atoms with Gasteiger partial charge in [0, 0.05) is 26.2 Å². The molecule has 0 unspecified atom stereocenters. The standard InChI is InChI=1S/C15H24N6O3/c1-10-8-20(9-11(2)24-10)15-17-13(16)12(21(22)23)14(18-15)19-6-4-3-5-7-19/h10-11H,3-9H2,1-2H3,(H2,16,17,18)/t10-,11-/m1/s1. The van der Waals surface area contributed by atoms with Crippen molar-refractivity contribution in [2.75, 3.05) is 41.7 Å². The van der Waals surface area contributed by atoms with Crippen LogP contribution in [0.15, 0.2) is 0 Å². The Morgan fingerprint density at radius 2 is 1.75 bits per heavy atom. The van der Waals surface area contributed by atoms with Crippen molar-refractivity contribution in [2.24, 2.45) is 0 Å². The van der Waals surface area contributed by atoms with Gasteiger partial charge in [0.15, 0.2) is 0 Å². The van der Waals surface area contributed by atoms with Crippen molar-refractivity contribution in [1.82, 2.24) is 9.97 Å². The van der Waals surface area contributed by atoms with Crippen molar-refractivity contribution < 1.29 is 9.66 Å². The highest BCUT2D eigenvalue weighted by Gasteiger charge is 2.31. The lowest BCUT2D eigenvalue weighted by molar-refractivity contribution is -0.383. The number of piperidine rings is 1. The summed E-state index contributed by atoms with van der Waals surface area (Å²) in [5.41, 5.74) is 5.74. The minimum absolute atomic E-state index is 0.0483. The van der Waals surface area contributed by atoms with Gasteiger partial charge in [-0.15, -0.1) is 0 Å². The van der Waals surface area contributed by atoms with E-state index in [-0.39, 0.29) is 23.7 Å². The molecular formula is C15H24N6O3. The van der Waals surface area contributed by atoms with Gasteiger partial charge in [-0.25, -0.2) is 0 Å². The lowest BCUT2D eigenvalue weighted by atomic mass is 10.1. The minimum Gasteiger partial charge on any atom is -0.378 e. The number of hydrogen-bond donors (Lipinski definition) is 1. The van der Waals surface area contributed by atoms with Gasteiger partial charge in [-0.2, -0.15) is 9.97 Å². The molecule has 24 heavy (non-hydrogen) atoms. The monoisotopic (exact) mass is 336 g/mol. The Morgan fingerprint density at radius 3 is 2.33 bits per heavy atom. The number of rotatable bonds is 3. The molecular weight excluding hydrogens is 312 g/mol. The number of nitro groups is 1. The number of anilines is 3. The van der Waals surface area contributed by atoms with Crippen LogP contribution in [0.25, 0.3) is 0 Å². The van der Waals surface area contributed by atoms with Crippen LogP contribution in [0, 0.1) is 10.1 Å². The molecule has 3 heterocycles. The van der Waals surface area contributed by atoms with Crippen LogP contribution in [0.5, 0.6) is 0 Å². The lowest BCUT2D eigenvalue weighted by Gasteiger charge is -2.36. The van der Waals surface area contributed by atoms with Gasteiger partial charge < -0.3 is 20.3 Å². The molecule has 132 valence electrons. The Balaban J connectivity index is 1.99. The molecule has 0 amide bonds. The molecule has 0 saturated carbocycles. The zero-order valence-electron chi connectivity index (χ0n) is 14.1. The zero-order chi connectivity index (χ0) is 17.3. The zero-order valence-corrected chi connectivity index (χ0v) is 14.1. The minimum atomic E-state index is -0.479. The Hall–Kier alpha value is -2.16. The number of aromatic nitrogens is 2. The summed E-state index contributed by atoms with van der Waals surface area (Å²) in [6.45, 7) is 6.77. The second-order valence-electron chi connectivity index (χ2n) is 6.55. The fraction of sp³-hybridized carbons (Fsp3) is 0.733. The van der Waals surface area contributed by atoms with Crippen molar-refractivity contribution in [1.29, 1.82) is 0 Å². The van der Waals surface area contributed by atoms with E-state index in [1.54, 1.807) is 0 Å². The van der Waals surface area contributed by atoms with Gasteiger partial charge in [-0.05, 0) is 33.1 Å². The molecule has 0 aromatic carbocycles. The van der Waals surface area contributed by atoms with Gasteiger partial charge in [-0.3, -0.25) is 10.1 Å². The summed E-state index contributed by atoms with van der Waals surface area (Å²) in [5.74, 6) is 0.715. The predicted octanol–water partition coefficient (Wildman–Crippen LogP) is 1.57. The maximum atomic E-state index is 11.5. The van der Waals surface area contributed by atoms with E-state index in [1.807, 2.05) is 23.6 Å². The second-order valence-corrected chi connectivity index (χ2v) is 6.55. The fourth-order valence-corrected chi connectivity index (χ4v) is 3.43. The molecule has 0 aliphatic carbocycles. The molecule has 1 aromatic heterocycles. The van der Waals surface area contributed by atoms with E-state index in [0.29, 0.717) is 24.9 Å². The Bertz CT molecular complexity index is 609. The quantitative estimate of drug-likeness (QED) is 0.654. The third kappa shape index (κ3) is 3.35. The molecule has 3 rings (SSSR count). The van der Waals surface area contributed by atoms with Crippen LogP contribution in [0.1, 0.15) is 33.1 Å². The summed E-state index contributed by atoms with van der Waals surface area (Å²) in [4.78, 5) is 23.7. The van der Waals surface area contributed by atoms with Gasteiger partial charge in [0.1, 0.15) is 0 Å². The molecule has 2 atom stereocenters. The average Bonchev–Trinajstić information content (AvgIpc) is 2.53. The van der Waals surface area contributed by atoms with Crippen molar-refractivity contribution in [2.45, 2.75) is 45.3 Å². The van der Waals surface area contributed by atoms with Crippen molar-refractivity contribution in [3.05, 3.63) is 10.1 Å². The number of nitrogens with two attached hydrogens (primary N) is 1. The molecule has 2 fully saturated rings. The fourth-order valence-electron chi connectivity index (χ4n) is 3.43. The molecule has 9 nitrogen and oxygen atoms in total. The normalized spacial score (nSPS) is 24.9. The molecule has 0 bridgehead atoms. The topological polar surface area (TPSA) is 111 Å². The van der Waals surface area contributed by atoms with Gasteiger partial charge in [0.2, 0.25) is 17.6 Å². The number of morpholine rings is 1. The van der Waals surface area contributed by atoms with Gasteiger partial charge in [0.05, 0.1) is 17.1 Å². The van der Waals surface area contributed by atoms with Crippen molar-refractivity contribution >= 4 is 23.3 Å².